The molecule has 24 heavy (non-hydrogen) atoms. The Morgan fingerprint density at radius 3 is 1.96 bits per heavy atom. The summed E-state index contributed by atoms with van der Waals surface area (Å²) in [6, 6.07) is 7.39. The van der Waals surface area contributed by atoms with Crippen molar-refractivity contribution in [3.63, 3.8) is 0 Å². The Kier molecular flexibility index (Phi) is 4.79. The molecule has 0 aromatic carbocycles. The third-order valence-electron chi connectivity index (χ3n) is 4.55. The molecule has 2 heterocycles. The average molecular weight is 330 g/mol. The minimum Gasteiger partial charge on any atom is -0.499 e. The predicted molar refractivity (Wildman–Crippen MR) is 87.3 cm³/mol. The van der Waals surface area contributed by atoms with Crippen LogP contribution in [0.1, 0.15) is 37.2 Å². The van der Waals surface area contributed by atoms with E-state index in [1.807, 2.05) is 31.2 Å². The number of ether oxygens (including phenoxy) is 2. The van der Waals surface area contributed by atoms with Gasteiger partial charge in [0.05, 0.1) is 37.4 Å². The summed E-state index contributed by atoms with van der Waals surface area (Å²) >= 11 is 0. The largest absolute Gasteiger partial charge is 0.499 e. The molecule has 1 saturated carbocycles. The van der Waals surface area contributed by atoms with Gasteiger partial charge < -0.3 is 18.3 Å². The van der Waals surface area contributed by atoms with Crippen LogP contribution in [-0.2, 0) is 14.3 Å². The minimum atomic E-state index is -0.385. The van der Waals surface area contributed by atoms with Crippen molar-refractivity contribution in [2.75, 3.05) is 13.2 Å². The summed E-state index contributed by atoms with van der Waals surface area (Å²) in [6.45, 7) is 8.64. The highest BCUT2D eigenvalue weighted by Crippen LogP contribution is 2.60. The molecule has 0 radical (unpaired) electrons. The second-order valence-electron chi connectivity index (χ2n) is 5.79. The number of hydrogen-bond donors (Lipinski definition) is 0. The third kappa shape index (κ3) is 2.75. The lowest BCUT2D eigenvalue weighted by Gasteiger charge is -2.48. The van der Waals surface area contributed by atoms with Crippen LogP contribution in [0, 0.1) is 11.8 Å². The highest BCUT2D eigenvalue weighted by Gasteiger charge is 2.59. The summed E-state index contributed by atoms with van der Waals surface area (Å²) in [6.07, 6.45) is 3.22. The van der Waals surface area contributed by atoms with Gasteiger partial charge in [0.15, 0.2) is 0 Å². The van der Waals surface area contributed by atoms with Gasteiger partial charge in [-0.15, -0.1) is 0 Å². The molecule has 5 nitrogen and oxygen atoms in total. The maximum Gasteiger partial charge on any atom is 0.310 e. The number of hydrogen-bond acceptors (Lipinski definition) is 5. The second-order valence-corrected chi connectivity index (χ2v) is 5.79. The molecule has 2 aromatic heterocycles. The van der Waals surface area contributed by atoms with E-state index in [2.05, 4.69) is 6.58 Å². The molecule has 0 amide bonds. The maximum atomic E-state index is 12.6. The summed E-state index contributed by atoms with van der Waals surface area (Å²) in [5, 5.41) is 0. The molecular weight excluding hydrogens is 308 g/mol. The molecule has 3 rings (SSSR count). The number of rotatable bonds is 7. The third-order valence-corrected chi connectivity index (χ3v) is 4.55. The van der Waals surface area contributed by atoms with E-state index in [1.54, 1.807) is 19.5 Å². The van der Waals surface area contributed by atoms with Crippen LogP contribution in [0.5, 0.6) is 0 Å². The van der Waals surface area contributed by atoms with Gasteiger partial charge in [-0.05, 0) is 38.1 Å². The van der Waals surface area contributed by atoms with Crippen LogP contribution in [0.3, 0.4) is 0 Å². The molecule has 5 heteroatoms. The first-order valence-electron chi connectivity index (χ1n) is 8.24. The molecule has 0 bridgehead atoms. The Morgan fingerprint density at radius 2 is 1.54 bits per heavy atom. The summed E-state index contributed by atoms with van der Waals surface area (Å²) in [7, 11) is 0. The van der Waals surface area contributed by atoms with Gasteiger partial charge in [0.2, 0.25) is 0 Å². The van der Waals surface area contributed by atoms with Gasteiger partial charge in [-0.1, -0.05) is 6.58 Å². The van der Waals surface area contributed by atoms with Gasteiger partial charge in [-0.2, -0.15) is 0 Å². The maximum absolute atomic E-state index is 12.6. The molecule has 2 atom stereocenters. The van der Waals surface area contributed by atoms with Gasteiger partial charge in [0.1, 0.15) is 11.5 Å². The lowest BCUT2D eigenvalue weighted by atomic mass is 9.54. The smallest absolute Gasteiger partial charge is 0.310 e. The van der Waals surface area contributed by atoms with E-state index in [0.29, 0.717) is 19.0 Å². The van der Waals surface area contributed by atoms with E-state index in [1.165, 1.54) is 0 Å². The van der Waals surface area contributed by atoms with Crippen molar-refractivity contribution in [3.8, 4) is 0 Å². The normalized spacial score (nSPS) is 25.8. The van der Waals surface area contributed by atoms with Gasteiger partial charge in [0.25, 0.3) is 0 Å². The van der Waals surface area contributed by atoms with E-state index >= 15 is 0 Å². The summed E-state index contributed by atoms with van der Waals surface area (Å²) in [4.78, 5) is 12.6. The predicted octanol–water partition coefficient (Wildman–Crippen LogP) is 4.10. The zero-order valence-corrected chi connectivity index (χ0v) is 13.9. The highest BCUT2D eigenvalue weighted by atomic mass is 16.5. The first-order chi connectivity index (χ1) is 11.7. The molecule has 128 valence electrons. The number of furan rings is 2. The number of allylic oxidation sites excluding steroid dienone is 1. The second kappa shape index (κ2) is 6.99. The lowest BCUT2D eigenvalue weighted by molar-refractivity contribution is -0.157. The zero-order valence-electron chi connectivity index (χ0n) is 13.9. The standard InChI is InChI=1S/C19H22O5/c1-4-21-12(3)15-16(13-8-6-10-23-13)18(19(20)22-5-2)17(15)14-9-7-11-24-14/h6-11,15-18H,3-5H2,1-2H3/t15?,16-,17-,18?/m1/s1. The molecule has 0 saturated heterocycles. The first-order valence-corrected chi connectivity index (χ1v) is 8.24. The van der Waals surface area contributed by atoms with Crippen molar-refractivity contribution in [2.24, 2.45) is 11.8 Å². The van der Waals surface area contributed by atoms with Crippen molar-refractivity contribution in [2.45, 2.75) is 25.7 Å². The van der Waals surface area contributed by atoms with Crippen molar-refractivity contribution >= 4 is 5.97 Å². The SMILES string of the molecule is C=C(OCC)C1[C@@H](c2ccco2)C(C(=O)OCC)[C@@H]1c1ccco1. The molecular formula is C19H22O5. The van der Waals surface area contributed by atoms with Crippen LogP contribution < -0.4 is 0 Å². The van der Waals surface area contributed by atoms with E-state index in [9.17, 15) is 4.79 Å². The Labute approximate surface area is 141 Å². The van der Waals surface area contributed by atoms with E-state index in [0.717, 1.165) is 11.5 Å². The molecule has 0 aliphatic heterocycles. The molecule has 1 aliphatic rings. The average Bonchev–Trinajstić information content (AvgIpc) is 3.20. The van der Waals surface area contributed by atoms with Gasteiger partial charge in [-0.25, -0.2) is 0 Å². The monoisotopic (exact) mass is 330 g/mol. The van der Waals surface area contributed by atoms with Gasteiger partial charge in [0, 0.05) is 17.8 Å². The Balaban J connectivity index is 1.99. The molecule has 1 aliphatic carbocycles. The quantitative estimate of drug-likeness (QED) is 0.565. The molecule has 0 unspecified atom stereocenters. The molecule has 0 spiro atoms. The van der Waals surface area contributed by atoms with Crippen LogP contribution >= 0.6 is 0 Å². The van der Waals surface area contributed by atoms with Crippen LogP contribution in [-0.4, -0.2) is 19.2 Å². The molecule has 1 fully saturated rings. The van der Waals surface area contributed by atoms with Crippen molar-refractivity contribution < 1.29 is 23.1 Å². The molecule has 0 N–H and O–H groups in total. The zero-order chi connectivity index (χ0) is 17.1. The topological polar surface area (TPSA) is 61.8 Å². The van der Waals surface area contributed by atoms with Gasteiger partial charge >= 0.3 is 5.97 Å². The van der Waals surface area contributed by atoms with Crippen molar-refractivity contribution in [3.05, 3.63) is 60.7 Å². The summed E-state index contributed by atoms with van der Waals surface area (Å²) in [5.41, 5.74) is 0. The van der Waals surface area contributed by atoms with Crippen LogP contribution in [0.15, 0.2) is 58.0 Å². The van der Waals surface area contributed by atoms with E-state index in [4.69, 9.17) is 18.3 Å². The summed E-state index contributed by atoms with van der Waals surface area (Å²) in [5.74, 6) is 1.03. The van der Waals surface area contributed by atoms with Crippen LogP contribution in [0.2, 0.25) is 0 Å². The summed E-state index contributed by atoms with van der Waals surface area (Å²) < 4.78 is 22.1. The van der Waals surface area contributed by atoms with Crippen molar-refractivity contribution in [1.82, 2.24) is 0 Å². The fraction of sp³-hybridized carbons (Fsp3) is 0.421. The lowest BCUT2D eigenvalue weighted by Crippen LogP contribution is -2.49. The molecule has 2 aromatic rings. The number of carbonyl (C=O) groups is 1. The van der Waals surface area contributed by atoms with Crippen LogP contribution in [0.4, 0.5) is 0 Å². The first kappa shape index (κ1) is 16.4. The number of esters is 1. The van der Waals surface area contributed by atoms with Crippen molar-refractivity contribution in [1.29, 1.82) is 0 Å². The minimum absolute atomic E-state index is 0.100. The van der Waals surface area contributed by atoms with E-state index in [-0.39, 0.29) is 29.6 Å². The van der Waals surface area contributed by atoms with Crippen LogP contribution in [0.25, 0.3) is 0 Å². The number of carbonyl (C=O) groups excluding carboxylic acids is 1. The Morgan fingerprint density at radius 1 is 1.00 bits per heavy atom. The van der Waals surface area contributed by atoms with E-state index < -0.39 is 0 Å². The van der Waals surface area contributed by atoms with Gasteiger partial charge in [-0.3, -0.25) is 4.79 Å². The highest BCUT2D eigenvalue weighted by molar-refractivity contribution is 5.77. The Hall–Kier alpha value is -2.43. The fourth-order valence-corrected chi connectivity index (χ4v) is 3.63. The Bertz CT molecular complexity index is 602. The fourth-order valence-electron chi connectivity index (χ4n) is 3.63.